The number of ether oxygens (including phenoxy) is 2. The second kappa shape index (κ2) is 6.65. The number of nitrogens with one attached hydrogen (secondary N) is 1. The van der Waals surface area contributed by atoms with Crippen molar-refractivity contribution in [3.8, 4) is 0 Å². The lowest BCUT2D eigenvalue weighted by Crippen LogP contribution is -2.49. The van der Waals surface area contributed by atoms with E-state index in [-0.39, 0.29) is 18.1 Å². The van der Waals surface area contributed by atoms with Crippen molar-refractivity contribution in [2.45, 2.75) is 24.5 Å². The summed E-state index contributed by atoms with van der Waals surface area (Å²) in [5, 5.41) is 2.69. The SMILES string of the molecule is COC1(CNC(=O)C(N)CCS(C)(=O)=O)CCOC1. The Morgan fingerprint density at radius 3 is 2.74 bits per heavy atom. The molecule has 3 N–H and O–H groups in total. The molecule has 2 atom stereocenters. The van der Waals surface area contributed by atoms with E-state index in [9.17, 15) is 13.2 Å². The van der Waals surface area contributed by atoms with E-state index < -0.39 is 21.5 Å². The predicted octanol–water partition coefficient (Wildman–Crippen LogP) is -1.33. The van der Waals surface area contributed by atoms with Gasteiger partial charge in [-0.2, -0.15) is 0 Å². The van der Waals surface area contributed by atoms with Gasteiger partial charge in [-0.15, -0.1) is 0 Å². The topological polar surface area (TPSA) is 108 Å². The number of sulfone groups is 1. The van der Waals surface area contributed by atoms with Crippen LogP contribution in [0.25, 0.3) is 0 Å². The van der Waals surface area contributed by atoms with Crippen LogP contribution in [0.1, 0.15) is 12.8 Å². The summed E-state index contributed by atoms with van der Waals surface area (Å²) >= 11 is 0. The van der Waals surface area contributed by atoms with Gasteiger partial charge in [0.05, 0.1) is 18.4 Å². The lowest BCUT2D eigenvalue weighted by molar-refractivity contribution is -0.124. The highest BCUT2D eigenvalue weighted by Crippen LogP contribution is 2.21. The van der Waals surface area contributed by atoms with Gasteiger partial charge in [-0.3, -0.25) is 4.79 Å². The van der Waals surface area contributed by atoms with Crippen molar-refractivity contribution in [3.05, 3.63) is 0 Å². The third-order valence-corrected chi connectivity index (χ3v) is 4.20. The average molecular weight is 294 g/mol. The highest BCUT2D eigenvalue weighted by molar-refractivity contribution is 7.90. The number of nitrogens with two attached hydrogens (primary N) is 1. The first-order chi connectivity index (χ1) is 8.78. The zero-order valence-corrected chi connectivity index (χ0v) is 12.2. The number of carbonyl (C=O) groups is 1. The van der Waals surface area contributed by atoms with Gasteiger partial charge in [-0.05, 0) is 6.42 Å². The fourth-order valence-electron chi connectivity index (χ4n) is 1.81. The van der Waals surface area contributed by atoms with Crippen molar-refractivity contribution in [1.82, 2.24) is 5.32 Å². The molecule has 0 bridgehead atoms. The maximum Gasteiger partial charge on any atom is 0.237 e. The van der Waals surface area contributed by atoms with Crippen LogP contribution in [0.4, 0.5) is 0 Å². The number of amides is 1. The standard InChI is InChI=1S/C11H22N2O5S/c1-17-11(4-5-18-8-11)7-13-10(14)9(12)3-6-19(2,15)16/h9H,3-8,12H2,1-2H3,(H,13,14). The Balaban J connectivity index is 2.38. The maximum atomic E-state index is 11.7. The molecule has 19 heavy (non-hydrogen) atoms. The van der Waals surface area contributed by atoms with Crippen LogP contribution in [-0.4, -0.2) is 64.8 Å². The molecule has 112 valence electrons. The summed E-state index contributed by atoms with van der Waals surface area (Å²) in [6.45, 7) is 1.35. The van der Waals surface area contributed by atoms with Crippen LogP contribution in [0, 0.1) is 0 Å². The van der Waals surface area contributed by atoms with Crippen molar-refractivity contribution in [1.29, 1.82) is 0 Å². The first kappa shape index (κ1) is 16.4. The summed E-state index contributed by atoms with van der Waals surface area (Å²) in [5.41, 5.74) is 5.15. The molecule has 2 unspecified atom stereocenters. The summed E-state index contributed by atoms with van der Waals surface area (Å²) in [6.07, 6.45) is 1.94. The monoisotopic (exact) mass is 294 g/mol. The number of methoxy groups -OCH3 is 1. The first-order valence-electron chi connectivity index (χ1n) is 6.12. The van der Waals surface area contributed by atoms with E-state index in [2.05, 4.69) is 5.32 Å². The van der Waals surface area contributed by atoms with Gasteiger partial charge in [-0.25, -0.2) is 8.42 Å². The van der Waals surface area contributed by atoms with Crippen molar-refractivity contribution >= 4 is 15.7 Å². The molecular weight excluding hydrogens is 272 g/mol. The van der Waals surface area contributed by atoms with E-state index >= 15 is 0 Å². The number of rotatable bonds is 7. The van der Waals surface area contributed by atoms with Crippen molar-refractivity contribution < 1.29 is 22.7 Å². The van der Waals surface area contributed by atoms with E-state index in [0.717, 1.165) is 6.26 Å². The van der Waals surface area contributed by atoms with Crippen molar-refractivity contribution in [2.24, 2.45) is 5.73 Å². The van der Waals surface area contributed by atoms with Gasteiger partial charge in [0.2, 0.25) is 5.91 Å². The summed E-state index contributed by atoms with van der Waals surface area (Å²) in [4.78, 5) is 11.7. The van der Waals surface area contributed by atoms with Crippen molar-refractivity contribution in [3.63, 3.8) is 0 Å². The summed E-state index contributed by atoms with van der Waals surface area (Å²) in [6, 6.07) is -0.828. The quantitative estimate of drug-likeness (QED) is 0.602. The van der Waals surface area contributed by atoms with Gasteiger partial charge in [-0.1, -0.05) is 0 Å². The average Bonchev–Trinajstić information content (AvgIpc) is 2.81. The zero-order chi connectivity index (χ0) is 14.5. The summed E-state index contributed by atoms with van der Waals surface area (Å²) < 4.78 is 32.6. The molecule has 1 fully saturated rings. The molecule has 0 aliphatic carbocycles. The minimum Gasteiger partial charge on any atom is -0.378 e. The van der Waals surface area contributed by atoms with Crippen molar-refractivity contribution in [2.75, 3.05) is 38.9 Å². The molecule has 1 saturated heterocycles. The fraction of sp³-hybridized carbons (Fsp3) is 0.909. The minimum atomic E-state index is -3.10. The lowest BCUT2D eigenvalue weighted by atomic mass is 10.0. The molecule has 0 aromatic heterocycles. The summed E-state index contributed by atoms with van der Waals surface area (Å²) in [5.74, 6) is -0.466. The molecule has 0 radical (unpaired) electrons. The molecule has 1 aliphatic rings. The Kier molecular flexibility index (Phi) is 5.72. The second-order valence-corrected chi connectivity index (χ2v) is 7.19. The molecule has 0 spiro atoms. The Hall–Kier alpha value is -0.700. The van der Waals surface area contributed by atoms with Crippen LogP contribution >= 0.6 is 0 Å². The van der Waals surface area contributed by atoms with Gasteiger partial charge in [0.1, 0.15) is 15.4 Å². The molecule has 1 amide bonds. The van der Waals surface area contributed by atoms with Crippen LogP contribution in [0.3, 0.4) is 0 Å². The molecule has 1 heterocycles. The van der Waals surface area contributed by atoms with E-state index in [1.54, 1.807) is 7.11 Å². The molecule has 1 aliphatic heterocycles. The van der Waals surface area contributed by atoms with E-state index in [0.29, 0.717) is 26.2 Å². The Morgan fingerprint density at radius 2 is 2.26 bits per heavy atom. The predicted molar refractivity (Wildman–Crippen MR) is 70.5 cm³/mol. The maximum absolute atomic E-state index is 11.7. The highest BCUT2D eigenvalue weighted by Gasteiger charge is 2.35. The number of hydrogen-bond acceptors (Lipinski definition) is 6. The van der Waals surface area contributed by atoms with Crippen LogP contribution in [-0.2, 0) is 24.1 Å². The van der Waals surface area contributed by atoms with E-state index in [4.69, 9.17) is 15.2 Å². The molecule has 0 aromatic rings. The zero-order valence-electron chi connectivity index (χ0n) is 11.3. The minimum absolute atomic E-state index is 0.0971. The molecule has 0 saturated carbocycles. The lowest BCUT2D eigenvalue weighted by Gasteiger charge is -2.26. The van der Waals surface area contributed by atoms with Gasteiger partial charge in [0.25, 0.3) is 0 Å². The van der Waals surface area contributed by atoms with Crippen LogP contribution < -0.4 is 11.1 Å². The van der Waals surface area contributed by atoms with E-state index in [1.807, 2.05) is 0 Å². The molecule has 7 nitrogen and oxygen atoms in total. The van der Waals surface area contributed by atoms with Gasteiger partial charge in [0.15, 0.2) is 0 Å². The third-order valence-electron chi connectivity index (χ3n) is 3.22. The Labute approximate surface area is 113 Å². The molecule has 8 heteroatoms. The van der Waals surface area contributed by atoms with E-state index in [1.165, 1.54) is 0 Å². The second-order valence-electron chi connectivity index (χ2n) is 4.93. The fourth-order valence-corrected chi connectivity index (χ4v) is 2.49. The highest BCUT2D eigenvalue weighted by atomic mass is 32.2. The largest absolute Gasteiger partial charge is 0.378 e. The normalized spacial score (nSPS) is 25.2. The number of hydrogen-bond donors (Lipinski definition) is 2. The van der Waals surface area contributed by atoms with Gasteiger partial charge < -0.3 is 20.5 Å². The Bertz CT molecular complexity index is 403. The smallest absolute Gasteiger partial charge is 0.237 e. The van der Waals surface area contributed by atoms with Crippen LogP contribution in [0.2, 0.25) is 0 Å². The molecule has 1 rings (SSSR count). The van der Waals surface area contributed by atoms with Gasteiger partial charge >= 0.3 is 0 Å². The number of carbonyl (C=O) groups excluding carboxylic acids is 1. The van der Waals surface area contributed by atoms with Crippen LogP contribution in [0.5, 0.6) is 0 Å². The molecular formula is C11H22N2O5S. The van der Waals surface area contributed by atoms with Crippen LogP contribution in [0.15, 0.2) is 0 Å². The Morgan fingerprint density at radius 1 is 1.58 bits per heavy atom. The molecule has 0 aromatic carbocycles. The van der Waals surface area contributed by atoms with Gasteiger partial charge in [0, 0.05) is 32.9 Å². The third kappa shape index (κ3) is 5.43. The first-order valence-corrected chi connectivity index (χ1v) is 8.18. The summed E-state index contributed by atoms with van der Waals surface area (Å²) in [7, 11) is -1.53.